The number of rotatable bonds is 4. The Kier molecular flexibility index (Phi) is 3.33. The molecule has 0 amide bonds. The number of hydrogen-bond donors (Lipinski definition) is 1. The van der Waals surface area contributed by atoms with Crippen molar-refractivity contribution in [2.24, 2.45) is 0 Å². The molecule has 94 valence electrons. The van der Waals surface area contributed by atoms with Crippen LogP contribution < -0.4 is 0 Å². The summed E-state index contributed by atoms with van der Waals surface area (Å²) < 4.78 is 1.65. The minimum atomic E-state index is -0.436. The molecule has 18 heavy (non-hydrogen) atoms. The summed E-state index contributed by atoms with van der Waals surface area (Å²) in [5.41, 5.74) is 2.27. The smallest absolute Gasteiger partial charge is 0.269 e. The first-order chi connectivity index (χ1) is 8.61. The number of nitrogens with zero attached hydrogens (tertiary/aromatic N) is 4. The van der Waals surface area contributed by atoms with Crippen molar-refractivity contribution in [2.75, 3.05) is 0 Å². The van der Waals surface area contributed by atoms with E-state index in [2.05, 4.69) is 10.3 Å². The molecule has 0 saturated heterocycles. The average Bonchev–Trinajstić information content (AvgIpc) is 2.71. The normalized spacial score (nSPS) is 10.6. The standard InChI is InChI=1S/C11H12N4O3/c1-8-11(7-16)12-13-14(8)6-9-2-4-10(5-3-9)15(17)18/h2-5,16H,6-7H2,1H3. The largest absolute Gasteiger partial charge is 0.390 e. The molecule has 1 aromatic heterocycles. The van der Waals surface area contributed by atoms with Gasteiger partial charge in [0.25, 0.3) is 5.69 Å². The second-order valence-corrected chi connectivity index (χ2v) is 3.86. The maximum absolute atomic E-state index is 10.5. The lowest BCUT2D eigenvalue weighted by atomic mass is 10.2. The van der Waals surface area contributed by atoms with E-state index in [1.165, 1.54) is 12.1 Å². The van der Waals surface area contributed by atoms with Gasteiger partial charge in [0.05, 0.1) is 23.8 Å². The van der Waals surface area contributed by atoms with Gasteiger partial charge in [0, 0.05) is 12.1 Å². The van der Waals surface area contributed by atoms with Crippen LogP contribution in [0.25, 0.3) is 0 Å². The number of non-ortho nitro benzene ring substituents is 1. The van der Waals surface area contributed by atoms with Gasteiger partial charge in [-0.15, -0.1) is 5.10 Å². The topological polar surface area (TPSA) is 94.1 Å². The molecule has 0 aliphatic carbocycles. The van der Waals surface area contributed by atoms with Crippen molar-refractivity contribution in [1.82, 2.24) is 15.0 Å². The molecule has 0 radical (unpaired) electrons. The van der Waals surface area contributed by atoms with Gasteiger partial charge in [-0.3, -0.25) is 10.1 Å². The highest BCUT2D eigenvalue weighted by atomic mass is 16.6. The predicted molar refractivity (Wildman–Crippen MR) is 62.9 cm³/mol. The summed E-state index contributed by atoms with van der Waals surface area (Å²) in [6.07, 6.45) is 0. The van der Waals surface area contributed by atoms with E-state index in [0.717, 1.165) is 11.3 Å². The van der Waals surface area contributed by atoms with Crippen molar-refractivity contribution >= 4 is 5.69 Å². The summed E-state index contributed by atoms with van der Waals surface area (Å²) in [5, 5.41) is 27.3. The predicted octanol–water partition coefficient (Wildman–Crippen LogP) is 1.04. The summed E-state index contributed by atoms with van der Waals surface area (Å²) in [5.74, 6) is 0. The van der Waals surface area contributed by atoms with E-state index in [1.54, 1.807) is 16.8 Å². The van der Waals surface area contributed by atoms with Crippen molar-refractivity contribution in [2.45, 2.75) is 20.1 Å². The van der Waals surface area contributed by atoms with E-state index in [-0.39, 0.29) is 12.3 Å². The van der Waals surface area contributed by atoms with Gasteiger partial charge < -0.3 is 5.11 Å². The van der Waals surface area contributed by atoms with Crippen molar-refractivity contribution < 1.29 is 10.0 Å². The van der Waals surface area contributed by atoms with Gasteiger partial charge in [0.1, 0.15) is 5.69 Å². The summed E-state index contributed by atoms with van der Waals surface area (Å²) >= 11 is 0. The van der Waals surface area contributed by atoms with Crippen molar-refractivity contribution in [3.8, 4) is 0 Å². The zero-order valence-corrected chi connectivity index (χ0v) is 9.78. The molecule has 0 aliphatic rings. The number of aliphatic hydroxyl groups excluding tert-OH is 1. The molecule has 0 aliphatic heterocycles. The Labute approximate surface area is 103 Å². The minimum absolute atomic E-state index is 0.0603. The molecule has 1 aromatic carbocycles. The van der Waals surface area contributed by atoms with Gasteiger partial charge in [-0.05, 0) is 12.5 Å². The lowest BCUT2D eigenvalue weighted by Gasteiger charge is -2.03. The van der Waals surface area contributed by atoms with E-state index in [1.807, 2.05) is 6.92 Å². The van der Waals surface area contributed by atoms with Crippen LogP contribution in [0.4, 0.5) is 5.69 Å². The Hall–Kier alpha value is -2.28. The van der Waals surface area contributed by atoms with Crippen LogP contribution in [-0.2, 0) is 13.2 Å². The number of hydrogen-bond acceptors (Lipinski definition) is 5. The number of nitro groups is 1. The molecule has 2 aromatic rings. The maximum atomic E-state index is 10.5. The molecule has 1 N–H and O–H groups in total. The number of aromatic nitrogens is 3. The highest BCUT2D eigenvalue weighted by molar-refractivity contribution is 5.33. The molecule has 0 saturated carbocycles. The lowest BCUT2D eigenvalue weighted by Crippen LogP contribution is -2.04. The fraction of sp³-hybridized carbons (Fsp3) is 0.273. The third-order valence-electron chi connectivity index (χ3n) is 2.71. The number of aliphatic hydroxyl groups is 1. The number of nitro benzene ring substituents is 1. The number of benzene rings is 1. The molecule has 0 atom stereocenters. The summed E-state index contributed by atoms with van der Waals surface area (Å²) in [6, 6.07) is 6.26. The second-order valence-electron chi connectivity index (χ2n) is 3.86. The third-order valence-corrected chi connectivity index (χ3v) is 2.71. The van der Waals surface area contributed by atoms with Crippen LogP contribution in [0, 0.1) is 17.0 Å². The summed E-state index contributed by atoms with van der Waals surface area (Å²) in [7, 11) is 0. The monoisotopic (exact) mass is 248 g/mol. The van der Waals surface area contributed by atoms with Gasteiger partial charge in [-0.1, -0.05) is 17.3 Å². The van der Waals surface area contributed by atoms with Gasteiger partial charge >= 0.3 is 0 Å². The van der Waals surface area contributed by atoms with Crippen LogP contribution in [-0.4, -0.2) is 25.0 Å². The van der Waals surface area contributed by atoms with Gasteiger partial charge in [0.2, 0.25) is 0 Å². The molecule has 7 nitrogen and oxygen atoms in total. The Morgan fingerprint density at radius 2 is 2.06 bits per heavy atom. The van der Waals surface area contributed by atoms with Crippen LogP contribution in [0.15, 0.2) is 24.3 Å². The van der Waals surface area contributed by atoms with Crippen LogP contribution in [0.5, 0.6) is 0 Å². The van der Waals surface area contributed by atoms with Crippen LogP contribution in [0.1, 0.15) is 17.0 Å². The van der Waals surface area contributed by atoms with E-state index in [9.17, 15) is 10.1 Å². The van der Waals surface area contributed by atoms with Crippen LogP contribution >= 0.6 is 0 Å². The lowest BCUT2D eigenvalue weighted by molar-refractivity contribution is -0.384. The molecule has 0 fully saturated rings. The molecular formula is C11H12N4O3. The fourth-order valence-corrected chi connectivity index (χ4v) is 1.59. The first kappa shape index (κ1) is 12.2. The van der Waals surface area contributed by atoms with Gasteiger partial charge in [-0.2, -0.15) is 0 Å². The maximum Gasteiger partial charge on any atom is 0.269 e. The van der Waals surface area contributed by atoms with Gasteiger partial charge in [0.15, 0.2) is 0 Å². The van der Waals surface area contributed by atoms with Crippen LogP contribution in [0.3, 0.4) is 0 Å². The molecule has 2 rings (SSSR count). The van der Waals surface area contributed by atoms with E-state index in [4.69, 9.17) is 5.11 Å². The van der Waals surface area contributed by atoms with Crippen molar-refractivity contribution in [1.29, 1.82) is 0 Å². The average molecular weight is 248 g/mol. The quantitative estimate of drug-likeness (QED) is 0.644. The molecular weight excluding hydrogens is 236 g/mol. The summed E-state index contributed by atoms with van der Waals surface area (Å²) in [4.78, 5) is 10.1. The Balaban J connectivity index is 2.18. The van der Waals surface area contributed by atoms with Gasteiger partial charge in [-0.25, -0.2) is 4.68 Å². The SMILES string of the molecule is Cc1c(CO)nnn1Cc1ccc([N+](=O)[O-])cc1. The highest BCUT2D eigenvalue weighted by Crippen LogP contribution is 2.13. The fourth-order valence-electron chi connectivity index (χ4n) is 1.59. The molecule has 0 unspecified atom stereocenters. The summed E-state index contributed by atoms with van der Waals surface area (Å²) in [6.45, 7) is 2.14. The molecule has 1 heterocycles. The van der Waals surface area contributed by atoms with E-state index >= 15 is 0 Å². The first-order valence-corrected chi connectivity index (χ1v) is 5.35. The van der Waals surface area contributed by atoms with E-state index in [0.29, 0.717) is 12.2 Å². The zero-order chi connectivity index (χ0) is 13.1. The van der Waals surface area contributed by atoms with E-state index < -0.39 is 4.92 Å². The first-order valence-electron chi connectivity index (χ1n) is 5.35. The Morgan fingerprint density at radius 1 is 1.39 bits per heavy atom. The molecule has 0 bridgehead atoms. The third kappa shape index (κ3) is 2.35. The minimum Gasteiger partial charge on any atom is -0.390 e. The highest BCUT2D eigenvalue weighted by Gasteiger charge is 2.09. The zero-order valence-electron chi connectivity index (χ0n) is 9.78. The Bertz CT molecular complexity index is 562. The second kappa shape index (κ2) is 4.92. The van der Waals surface area contributed by atoms with Crippen LogP contribution in [0.2, 0.25) is 0 Å². The molecule has 0 spiro atoms. The molecule has 7 heteroatoms. The Morgan fingerprint density at radius 3 is 2.56 bits per heavy atom. The van der Waals surface area contributed by atoms with Crippen molar-refractivity contribution in [3.63, 3.8) is 0 Å². The van der Waals surface area contributed by atoms with Crippen molar-refractivity contribution in [3.05, 3.63) is 51.3 Å².